The van der Waals surface area contributed by atoms with Crippen LogP contribution in [0.25, 0.3) is 10.2 Å². The Morgan fingerprint density at radius 3 is 2.71 bits per heavy atom. The molecule has 2 heterocycles. The van der Waals surface area contributed by atoms with Gasteiger partial charge in [-0.15, -0.1) is 0 Å². The number of ether oxygens (including phenoxy) is 1. The Bertz CT molecular complexity index is 1140. The van der Waals surface area contributed by atoms with Gasteiger partial charge in [0.2, 0.25) is 0 Å². The molecule has 0 bridgehead atoms. The molecule has 0 amide bonds. The Labute approximate surface area is 167 Å². The van der Waals surface area contributed by atoms with E-state index in [1.807, 2.05) is 0 Å². The van der Waals surface area contributed by atoms with Crippen LogP contribution in [0.15, 0.2) is 47.4 Å². The number of hydrogen-bond donors (Lipinski definition) is 1. The molecule has 0 atom stereocenters. The fraction of sp³-hybridized carbons (Fsp3) is 0.263. The third-order valence-corrected chi connectivity index (χ3v) is 6.92. The second-order valence-corrected chi connectivity index (χ2v) is 9.16. The van der Waals surface area contributed by atoms with Crippen molar-refractivity contribution in [2.24, 2.45) is 0 Å². The molecule has 0 radical (unpaired) electrons. The van der Waals surface area contributed by atoms with Gasteiger partial charge in [-0.25, -0.2) is 13.4 Å². The van der Waals surface area contributed by atoms with Crippen molar-refractivity contribution in [2.45, 2.75) is 11.8 Å². The molecule has 2 aromatic carbocycles. The average molecular weight is 418 g/mol. The molecule has 1 aliphatic heterocycles. The average Bonchev–Trinajstić information content (AvgIpc) is 3.12. The van der Waals surface area contributed by atoms with Crippen LogP contribution < -0.4 is 9.62 Å². The summed E-state index contributed by atoms with van der Waals surface area (Å²) in [4.78, 5) is 18.4. The Balaban J connectivity index is 1.60. The highest BCUT2D eigenvalue weighted by atomic mass is 32.2. The number of carbonyl (C=O) groups is 1. The third kappa shape index (κ3) is 3.87. The summed E-state index contributed by atoms with van der Waals surface area (Å²) in [6, 6.07) is 11.3. The van der Waals surface area contributed by atoms with Crippen LogP contribution in [0.5, 0.6) is 0 Å². The number of nitrogens with one attached hydrogen (secondary N) is 1. The first-order chi connectivity index (χ1) is 13.4. The van der Waals surface area contributed by atoms with Gasteiger partial charge in [-0.3, -0.25) is 9.52 Å². The van der Waals surface area contributed by atoms with Gasteiger partial charge in [0.25, 0.3) is 10.0 Å². The van der Waals surface area contributed by atoms with Crippen molar-refractivity contribution < 1.29 is 17.9 Å². The van der Waals surface area contributed by atoms with Crippen LogP contribution in [0.1, 0.15) is 17.3 Å². The molecule has 1 fully saturated rings. The lowest BCUT2D eigenvalue weighted by Gasteiger charge is -2.25. The van der Waals surface area contributed by atoms with Crippen molar-refractivity contribution in [1.29, 1.82) is 0 Å². The summed E-state index contributed by atoms with van der Waals surface area (Å²) in [5.74, 6) is -0.182. The van der Waals surface area contributed by atoms with Crippen LogP contribution >= 0.6 is 11.3 Å². The van der Waals surface area contributed by atoms with E-state index in [4.69, 9.17) is 4.74 Å². The minimum absolute atomic E-state index is 0.0543. The Kier molecular flexibility index (Phi) is 5.05. The maximum absolute atomic E-state index is 12.7. The minimum atomic E-state index is -3.80. The summed E-state index contributed by atoms with van der Waals surface area (Å²) in [5.41, 5.74) is 1.64. The predicted octanol–water partition coefficient (Wildman–Crippen LogP) is 3.14. The normalized spacial score (nSPS) is 15.0. The molecule has 0 unspecified atom stereocenters. The van der Waals surface area contributed by atoms with Crippen LogP contribution in [-0.4, -0.2) is 45.5 Å². The van der Waals surface area contributed by atoms with Crippen LogP contribution in [0.2, 0.25) is 0 Å². The standard InChI is InChI=1S/C19H19N3O4S2/c1-13(23)14-3-2-4-16(11-14)28(24,25)21-15-5-6-17-18(12-15)27-19(20-17)22-7-9-26-10-8-22/h2-6,11-12,21H,7-10H2,1H3. The monoisotopic (exact) mass is 417 g/mol. The summed E-state index contributed by atoms with van der Waals surface area (Å²) < 4.78 is 34.3. The number of fused-ring (bicyclic) bond motifs is 1. The lowest BCUT2D eigenvalue weighted by molar-refractivity contribution is 0.101. The highest BCUT2D eigenvalue weighted by molar-refractivity contribution is 7.92. The number of thiazole rings is 1. The van der Waals surface area contributed by atoms with E-state index in [0.29, 0.717) is 24.5 Å². The number of rotatable bonds is 5. The van der Waals surface area contributed by atoms with Crippen LogP contribution in [0.4, 0.5) is 10.8 Å². The SMILES string of the molecule is CC(=O)c1cccc(S(=O)(=O)Nc2ccc3nc(N4CCOCC4)sc3c2)c1. The van der Waals surface area contributed by atoms with Crippen molar-refractivity contribution in [3.05, 3.63) is 48.0 Å². The van der Waals surface area contributed by atoms with Crippen LogP contribution in [0.3, 0.4) is 0 Å². The zero-order valence-electron chi connectivity index (χ0n) is 15.2. The number of sulfonamides is 1. The molecule has 1 aliphatic rings. The van der Waals surface area contributed by atoms with E-state index in [2.05, 4.69) is 14.6 Å². The van der Waals surface area contributed by atoms with Gasteiger partial charge >= 0.3 is 0 Å². The van der Waals surface area contributed by atoms with E-state index in [1.165, 1.54) is 30.4 Å². The molecule has 0 saturated carbocycles. The highest BCUT2D eigenvalue weighted by Crippen LogP contribution is 2.31. The molecule has 0 aliphatic carbocycles. The van der Waals surface area contributed by atoms with Gasteiger partial charge < -0.3 is 9.64 Å². The first-order valence-corrected chi connectivity index (χ1v) is 11.1. The number of anilines is 2. The fourth-order valence-electron chi connectivity index (χ4n) is 2.96. The Morgan fingerprint density at radius 1 is 1.18 bits per heavy atom. The predicted molar refractivity (Wildman–Crippen MR) is 110 cm³/mol. The topological polar surface area (TPSA) is 88.6 Å². The van der Waals surface area contributed by atoms with E-state index >= 15 is 0 Å². The van der Waals surface area contributed by atoms with Gasteiger partial charge in [0.05, 0.1) is 34.0 Å². The van der Waals surface area contributed by atoms with Crippen LogP contribution in [-0.2, 0) is 14.8 Å². The molecule has 4 rings (SSSR count). The second-order valence-electron chi connectivity index (χ2n) is 6.47. The molecule has 146 valence electrons. The summed E-state index contributed by atoms with van der Waals surface area (Å²) in [6.07, 6.45) is 0. The van der Waals surface area contributed by atoms with Crippen LogP contribution in [0, 0.1) is 0 Å². The highest BCUT2D eigenvalue weighted by Gasteiger charge is 2.18. The molecule has 7 nitrogen and oxygen atoms in total. The number of ketones is 1. The van der Waals surface area contributed by atoms with Gasteiger partial charge in [0.1, 0.15) is 0 Å². The lowest BCUT2D eigenvalue weighted by atomic mass is 10.2. The zero-order chi connectivity index (χ0) is 19.7. The van der Waals surface area contributed by atoms with Gasteiger partial charge in [-0.2, -0.15) is 0 Å². The summed E-state index contributed by atoms with van der Waals surface area (Å²) in [7, 11) is -3.80. The van der Waals surface area contributed by atoms with Crippen molar-refractivity contribution in [3.63, 3.8) is 0 Å². The van der Waals surface area contributed by atoms with E-state index in [-0.39, 0.29) is 10.7 Å². The quantitative estimate of drug-likeness (QED) is 0.642. The molecule has 3 aromatic rings. The molecule has 0 spiro atoms. The van der Waals surface area contributed by atoms with Crippen molar-refractivity contribution in [1.82, 2.24) is 4.98 Å². The Hall–Kier alpha value is -2.49. The number of hydrogen-bond acceptors (Lipinski definition) is 7. The zero-order valence-corrected chi connectivity index (χ0v) is 16.8. The molecule has 1 aromatic heterocycles. The molecular formula is C19H19N3O4S2. The molecule has 9 heteroatoms. The van der Waals surface area contributed by atoms with Gasteiger partial charge in [0.15, 0.2) is 10.9 Å². The van der Waals surface area contributed by atoms with E-state index in [1.54, 1.807) is 30.3 Å². The summed E-state index contributed by atoms with van der Waals surface area (Å²) in [5, 5.41) is 0.910. The molecule has 28 heavy (non-hydrogen) atoms. The van der Waals surface area contributed by atoms with E-state index < -0.39 is 10.0 Å². The number of Topliss-reactive ketones (excluding diaryl/α,β-unsaturated/α-hetero) is 1. The first-order valence-electron chi connectivity index (χ1n) is 8.79. The number of benzene rings is 2. The third-order valence-electron chi connectivity index (χ3n) is 4.46. The van der Waals surface area contributed by atoms with E-state index in [9.17, 15) is 13.2 Å². The molecule has 1 N–H and O–H groups in total. The maximum atomic E-state index is 12.7. The first kappa shape index (κ1) is 18.9. The maximum Gasteiger partial charge on any atom is 0.261 e. The molecule has 1 saturated heterocycles. The number of carbonyl (C=O) groups excluding carboxylic acids is 1. The minimum Gasteiger partial charge on any atom is -0.378 e. The largest absolute Gasteiger partial charge is 0.378 e. The number of aromatic nitrogens is 1. The summed E-state index contributed by atoms with van der Waals surface area (Å²) >= 11 is 1.53. The summed E-state index contributed by atoms with van der Waals surface area (Å²) in [6.45, 7) is 4.36. The van der Waals surface area contributed by atoms with Gasteiger partial charge in [-0.1, -0.05) is 23.5 Å². The number of morpholine rings is 1. The smallest absolute Gasteiger partial charge is 0.261 e. The van der Waals surface area contributed by atoms with Gasteiger partial charge in [-0.05, 0) is 37.3 Å². The second kappa shape index (κ2) is 7.50. The lowest BCUT2D eigenvalue weighted by Crippen LogP contribution is -2.36. The number of nitrogens with zero attached hydrogens (tertiary/aromatic N) is 2. The van der Waals surface area contributed by atoms with Crippen molar-refractivity contribution >= 4 is 48.2 Å². The molecular weight excluding hydrogens is 398 g/mol. The van der Waals surface area contributed by atoms with E-state index in [0.717, 1.165) is 28.4 Å². The van der Waals surface area contributed by atoms with Gasteiger partial charge in [0, 0.05) is 18.7 Å². The van der Waals surface area contributed by atoms with Crippen molar-refractivity contribution in [3.8, 4) is 0 Å². The Morgan fingerprint density at radius 2 is 1.96 bits per heavy atom. The fourth-order valence-corrected chi connectivity index (χ4v) is 5.11. The van der Waals surface area contributed by atoms with Crippen molar-refractivity contribution in [2.75, 3.05) is 35.9 Å².